The third kappa shape index (κ3) is 3.99. The van der Waals surface area contributed by atoms with Gasteiger partial charge < -0.3 is 15.4 Å². The Morgan fingerprint density at radius 3 is 2.70 bits per heavy atom. The molecule has 0 spiro atoms. The first-order valence-electron chi connectivity index (χ1n) is 6.24. The van der Waals surface area contributed by atoms with E-state index in [0.29, 0.717) is 23.7 Å². The van der Waals surface area contributed by atoms with Gasteiger partial charge in [0, 0.05) is 10.2 Å². The predicted octanol–water partition coefficient (Wildman–Crippen LogP) is 4.49. The molecule has 0 aliphatic rings. The lowest BCUT2D eigenvalue weighted by atomic mass is 10.3. The summed E-state index contributed by atoms with van der Waals surface area (Å²) in [6.45, 7) is 2.45. The molecule has 2 aromatic carbocycles. The zero-order valence-electron chi connectivity index (χ0n) is 11.0. The zero-order valence-corrected chi connectivity index (χ0v) is 12.6. The minimum absolute atomic E-state index is 0.310. The lowest BCUT2D eigenvalue weighted by Gasteiger charge is -2.12. The lowest BCUT2D eigenvalue weighted by Crippen LogP contribution is -2.19. The minimum Gasteiger partial charge on any atom is -0.492 e. The second-order valence-corrected chi connectivity index (χ2v) is 4.93. The highest BCUT2D eigenvalue weighted by Gasteiger charge is 2.07. The third-order valence-electron chi connectivity index (χ3n) is 2.52. The van der Waals surface area contributed by atoms with Crippen molar-refractivity contribution in [3.63, 3.8) is 0 Å². The van der Waals surface area contributed by atoms with Crippen LogP contribution in [0.4, 0.5) is 16.2 Å². The summed E-state index contributed by atoms with van der Waals surface area (Å²) < 4.78 is 6.36. The minimum atomic E-state index is -0.310. The summed E-state index contributed by atoms with van der Waals surface area (Å²) in [5.74, 6) is 0.652. The molecule has 2 amide bonds. The predicted molar refractivity (Wildman–Crippen MR) is 84.4 cm³/mol. The fourth-order valence-corrected chi connectivity index (χ4v) is 2.10. The molecule has 0 aliphatic heterocycles. The van der Waals surface area contributed by atoms with E-state index < -0.39 is 0 Å². The summed E-state index contributed by atoms with van der Waals surface area (Å²) in [5, 5.41) is 5.54. The third-order valence-corrected chi connectivity index (χ3v) is 3.01. The maximum atomic E-state index is 12.0. The van der Waals surface area contributed by atoms with Gasteiger partial charge in [0.1, 0.15) is 5.75 Å². The Morgan fingerprint density at radius 2 is 1.95 bits per heavy atom. The van der Waals surface area contributed by atoms with Gasteiger partial charge in [0.25, 0.3) is 0 Å². The van der Waals surface area contributed by atoms with Crippen molar-refractivity contribution in [1.82, 2.24) is 0 Å². The lowest BCUT2D eigenvalue weighted by molar-refractivity contribution is 0.262. The maximum Gasteiger partial charge on any atom is 0.323 e. The molecule has 20 heavy (non-hydrogen) atoms. The molecular weight excluding hydrogens is 320 g/mol. The SMILES string of the molecule is CCOc1ccccc1NC(=O)Nc1cccc(Br)c1. The second kappa shape index (κ2) is 6.96. The fourth-order valence-electron chi connectivity index (χ4n) is 1.70. The van der Waals surface area contributed by atoms with Crippen LogP contribution in [-0.4, -0.2) is 12.6 Å². The molecule has 0 aliphatic carbocycles. The van der Waals surface area contributed by atoms with E-state index in [1.54, 1.807) is 6.07 Å². The molecule has 0 fully saturated rings. The van der Waals surface area contributed by atoms with Crippen LogP contribution in [0.1, 0.15) is 6.92 Å². The summed E-state index contributed by atoms with van der Waals surface area (Å²) in [5.41, 5.74) is 1.35. The van der Waals surface area contributed by atoms with E-state index in [1.165, 1.54) is 0 Å². The molecule has 5 heteroatoms. The van der Waals surface area contributed by atoms with Crippen LogP contribution >= 0.6 is 15.9 Å². The molecule has 0 bridgehead atoms. The average Bonchev–Trinajstić information content (AvgIpc) is 2.41. The first-order chi connectivity index (χ1) is 9.69. The van der Waals surface area contributed by atoms with Crippen LogP contribution in [0, 0.1) is 0 Å². The summed E-state index contributed by atoms with van der Waals surface area (Å²) >= 11 is 3.36. The Morgan fingerprint density at radius 1 is 1.15 bits per heavy atom. The van der Waals surface area contributed by atoms with Crippen molar-refractivity contribution in [2.24, 2.45) is 0 Å². The molecule has 0 unspecified atom stereocenters. The van der Waals surface area contributed by atoms with Crippen molar-refractivity contribution >= 4 is 33.3 Å². The van der Waals surface area contributed by atoms with Gasteiger partial charge in [-0.05, 0) is 37.3 Å². The number of hydrogen-bond donors (Lipinski definition) is 2. The largest absolute Gasteiger partial charge is 0.492 e. The fraction of sp³-hybridized carbons (Fsp3) is 0.133. The van der Waals surface area contributed by atoms with Crippen molar-refractivity contribution in [2.45, 2.75) is 6.92 Å². The van der Waals surface area contributed by atoms with Crippen LogP contribution in [0.2, 0.25) is 0 Å². The first kappa shape index (κ1) is 14.4. The number of nitrogens with one attached hydrogen (secondary N) is 2. The van der Waals surface area contributed by atoms with Gasteiger partial charge in [0.05, 0.1) is 12.3 Å². The van der Waals surface area contributed by atoms with Crippen LogP contribution in [0.5, 0.6) is 5.75 Å². The van der Waals surface area contributed by atoms with E-state index in [9.17, 15) is 4.79 Å². The number of carbonyl (C=O) groups excluding carboxylic acids is 1. The van der Waals surface area contributed by atoms with Crippen LogP contribution in [-0.2, 0) is 0 Å². The van der Waals surface area contributed by atoms with Gasteiger partial charge in [0.2, 0.25) is 0 Å². The quantitative estimate of drug-likeness (QED) is 0.865. The second-order valence-electron chi connectivity index (χ2n) is 4.02. The Labute approximate surface area is 126 Å². The van der Waals surface area contributed by atoms with E-state index >= 15 is 0 Å². The molecule has 2 rings (SSSR count). The van der Waals surface area contributed by atoms with Crippen molar-refractivity contribution in [1.29, 1.82) is 0 Å². The standard InChI is InChI=1S/C15H15BrN2O2/c1-2-20-14-9-4-3-8-13(14)18-15(19)17-12-7-5-6-11(16)10-12/h3-10H,2H2,1H3,(H2,17,18,19). The van der Waals surface area contributed by atoms with Crippen molar-refractivity contribution in [3.8, 4) is 5.75 Å². The van der Waals surface area contributed by atoms with Crippen molar-refractivity contribution in [2.75, 3.05) is 17.2 Å². The molecule has 0 atom stereocenters. The molecule has 104 valence electrons. The molecule has 0 saturated carbocycles. The van der Waals surface area contributed by atoms with E-state index in [-0.39, 0.29) is 6.03 Å². The van der Waals surface area contributed by atoms with Gasteiger partial charge in [0.15, 0.2) is 0 Å². The summed E-state index contributed by atoms with van der Waals surface area (Å²) in [6.07, 6.45) is 0. The van der Waals surface area contributed by atoms with Crippen molar-refractivity contribution < 1.29 is 9.53 Å². The highest BCUT2D eigenvalue weighted by molar-refractivity contribution is 9.10. The van der Waals surface area contributed by atoms with E-state index in [1.807, 2.05) is 49.4 Å². The molecule has 0 radical (unpaired) electrons. The summed E-state index contributed by atoms with van der Waals surface area (Å²) in [6, 6.07) is 14.4. The number of hydrogen-bond acceptors (Lipinski definition) is 2. The normalized spacial score (nSPS) is 9.90. The van der Waals surface area contributed by atoms with E-state index in [2.05, 4.69) is 26.6 Å². The van der Waals surface area contributed by atoms with Crippen LogP contribution in [0.3, 0.4) is 0 Å². The number of amides is 2. The van der Waals surface area contributed by atoms with Gasteiger partial charge in [-0.1, -0.05) is 34.1 Å². The number of urea groups is 1. The van der Waals surface area contributed by atoms with Gasteiger partial charge >= 0.3 is 6.03 Å². The Hall–Kier alpha value is -2.01. The van der Waals surface area contributed by atoms with Gasteiger partial charge in [-0.2, -0.15) is 0 Å². The molecule has 0 heterocycles. The number of para-hydroxylation sites is 2. The van der Waals surface area contributed by atoms with Crippen molar-refractivity contribution in [3.05, 3.63) is 53.0 Å². The molecule has 2 N–H and O–H groups in total. The van der Waals surface area contributed by atoms with Crippen LogP contribution in [0.15, 0.2) is 53.0 Å². The van der Waals surface area contributed by atoms with E-state index in [4.69, 9.17) is 4.74 Å². The highest BCUT2D eigenvalue weighted by atomic mass is 79.9. The molecule has 4 nitrogen and oxygen atoms in total. The number of anilines is 2. The Kier molecular flexibility index (Phi) is 5.01. The van der Waals surface area contributed by atoms with Crippen LogP contribution in [0.25, 0.3) is 0 Å². The molecular formula is C15H15BrN2O2. The maximum absolute atomic E-state index is 12.0. The molecule has 2 aromatic rings. The molecule has 0 aromatic heterocycles. The number of carbonyl (C=O) groups is 1. The summed E-state index contributed by atoms with van der Waals surface area (Å²) in [7, 11) is 0. The van der Waals surface area contributed by atoms with Gasteiger partial charge in [-0.15, -0.1) is 0 Å². The Balaban J connectivity index is 2.05. The number of halogens is 1. The van der Waals surface area contributed by atoms with E-state index in [0.717, 1.165) is 4.47 Å². The zero-order chi connectivity index (χ0) is 14.4. The molecule has 0 saturated heterocycles. The topological polar surface area (TPSA) is 50.4 Å². The highest BCUT2D eigenvalue weighted by Crippen LogP contribution is 2.24. The number of benzene rings is 2. The smallest absolute Gasteiger partial charge is 0.323 e. The number of ether oxygens (including phenoxy) is 1. The first-order valence-corrected chi connectivity index (χ1v) is 7.03. The summed E-state index contributed by atoms with van der Waals surface area (Å²) in [4.78, 5) is 12.0. The van der Waals surface area contributed by atoms with Crippen LogP contribution < -0.4 is 15.4 Å². The Bertz CT molecular complexity index is 602. The average molecular weight is 335 g/mol. The van der Waals surface area contributed by atoms with Gasteiger partial charge in [-0.3, -0.25) is 0 Å². The van der Waals surface area contributed by atoms with Gasteiger partial charge in [-0.25, -0.2) is 4.79 Å². The monoisotopic (exact) mass is 334 g/mol. The number of rotatable bonds is 4.